The van der Waals surface area contributed by atoms with Gasteiger partial charge in [0.2, 0.25) is 5.78 Å². The normalized spacial score (nSPS) is 25.0. The molecular weight excluding hydrogens is 252 g/mol. The first kappa shape index (κ1) is 13.2. The molecule has 1 heterocycles. The second kappa shape index (κ2) is 6.12. The van der Waals surface area contributed by atoms with E-state index in [2.05, 4.69) is 6.08 Å². The largest absolute Gasteiger partial charge is 0.485 e. The van der Waals surface area contributed by atoms with Gasteiger partial charge in [0.1, 0.15) is 6.61 Å². The van der Waals surface area contributed by atoms with E-state index in [1.807, 2.05) is 24.3 Å². The molecular formula is C17H20O3. The van der Waals surface area contributed by atoms with Gasteiger partial charge >= 0.3 is 0 Å². The molecule has 0 saturated heterocycles. The van der Waals surface area contributed by atoms with Gasteiger partial charge in [0.15, 0.2) is 17.6 Å². The van der Waals surface area contributed by atoms with Crippen LogP contribution in [0.25, 0.3) is 0 Å². The predicted molar refractivity (Wildman–Crippen MR) is 77.1 cm³/mol. The predicted octanol–water partition coefficient (Wildman–Crippen LogP) is 3.68. The Hall–Kier alpha value is -1.77. The second-order valence-electron chi connectivity index (χ2n) is 5.41. The highest BCUT2D eigenvalue weighted by Gasteiger charge is 2.29. The van der Waals surface area contributed by atoms with Crippen molar-refractivity contribution in [3.63, 3.8) is 0 Å². The molecule has 3 rings (SSSR count). The van der Waals surface area contributed by atoms with Crippen molar-refractivity contribution < 1.29 is 14.3 Å². The monoisotopic (exact) mass is 272 g/mol. The van der Waals surface area contributed by atoms with Crippen LogP contribution in [0.5, 0.6) is 11.5 Å². The number of carbonyl (C=O) groups excluding carboxylic acids is 1. The molecule has 106 valence electrons. The van der Waals surface area contributed by atoms with Crippen molar-refractivity contribution in [2.24, 2.45) is 0 Å². The van der Waals surface area contributed by atoms with Crippen molar-refractivity contribution in [2.45, 2.75) is 44.6 Å². The number of fused-ring (bicyclic) bond motifs is 1. The summed E-state index contributed by atoms with van der Waals surface area (Å²) in [5, 5.41) is 0. The van der Waals surface area contributed by atoms with Gasteiger partial charge in [-0.3, -0.25) is 4.79 Å². The smallest absolute Gasteiger partial charge is 0.202 e. The van der Waals surface area contributed by atoms with Crippen LogP contribution >= 0.6 is 0 Å². The number of carbonyl (C=O) groups is 1. The molecule has 1 aromatic rings. The van der Waals surface area contributed by atoms with Crippen molar-refractivity contribution >= 4 is 5.78 Å². The topological polar surface area (TPSA) is 35.5 Å². The summed E-state index contributed by atoms with van der Waals surface area (Å²) >= 11 is 0. The fourth-order valence-corrected chi connectivity index (χ4v) is 2.77. The fourth-order valence-electron chi connectivity index (χ4n) is 2.77. The van der Waals surface area contributed by atoms with E-state index in [9.17, 15) is 4.79 Å². The summed E-state index contributed by atoms with van der Waals surface area (Å²) in [5.41, 5.74) is 0.928. The summed E-state index contributed by atoms with van der Waals surface area (Å²) < 4.78 is 11.4. The van der Waals surface area contributed by atoms with E-state index in [-0.39, 0.29) is 5.78 Å². The van der Waals surface area contributed by atoms with Crippen molar-refractivity contribution in [1.29, 1.82) is 0 Å². The first-order chi connectivity index (χ1) is 9.84. The highest BCUT2D eigenvalue weighted by atomic mass is 16.6. The van der Waals surface area contributed by atoms with Crippen LogP contribution in [0.1, 0.15) is 38.5 Å². The van der Waals surface area contributed by atoms with Crippen molar-refractivity contribution in [2.75, 3.05) is 6.61 Å². The third-order valence-corrected chi connectivity index (χ3v) is 3.91. The molecule has 0 spiro atoms. The highest BCUT2D eigenvalue weighted by Crippen LogP contribution is 2.32. The molecule has 1 aliphatic carbocycles. The van der Waals surface area contributed by atoms with Gasteiger partial charge < -0.3 is 9.47 Å². The maximum Gasteiger partial charge on any atom is 0.202 e. The van der Waals surface area contributed by atoms with Gasteiger partial charge in [-0.1, -0.05) is 31.1 Å². The summed E-state index contributed by atoms with van der Waals surface area (Å²) in [4.78, 5) is 12.6. The number of Topliss-reactive ketones (excluding diaryl/α,β-unsaturated/α-hetero) is 1. The number of rotatable bonds is 2. The number of hydrogen-bond acceptors (Lipinski definition) is 3. The Bertz CT molecular complexity index is 519. The van der Waals surface area contributed by atoms with Crippen LogP contribution < -0.4 is 9.47 Å². The molecule has 0 amide bonds. The van der Waals surface area contributed by atoms with Gasteiger partial charge in [-0.2, -0.15) is 0 Å². The second-order valence-corrected chi connectivity index (χ2v) is 5.41. The Kier molecular flexibility index (Phi) is 4.05. The van der Waals surface area contributed by atoms with Gasteiger partial charge in [0.25, 0.3) is 0 Å². The summed E-state index contributed by atoms with van der Waals surface area (Å²) in [6.07, 6.45) is 8.26. The SMILES string of the molecule is O=C(/C1=C/CCCCCC1)C1COc2ccccc2O1. The van der Waals surface area contributed by atoms with E-state index >= 15 is 0 Å². The van der Waals surface area contributed by atoms with Crippen LogP contribution in [0.2, 0.25) is 0 Å². The van der Waals surface area contributed by atoms with E-state index in [0.29, 0.717) is 12.4 Å². The standard InChI is InChI=1S/C17H20O3/c18-17(13-8-4-2-1-3-5-9-13)16-12-19-14-10-6-7-11-15(14)20-16/h6-8,10-11,16H,1-5,9,12H2/b13-8+. The van der Waals surface area contributed by atoms with E-state index < -0.39 is 6.10 Å². The maximum absolute atomic E-state index is 12.6. The van der Waals surface area contributed by atoms with Gasteiger partial charge in [-0.15, -0.1) is 0 Å². The van der Waals surface area contributed by atoms with Gasteiger partial charge in [0.05, 0.1) is 0 Å². The zero-order chi connectivity index (χ0) is 13.8. The van der Waals surface area contributed by atoms with Crippen LogP contribution in [0.15, 0.2) is 35.9 Å². The minimum Gasteiger partial charge on any atom is -0.485 e. The molecule has 1 atom stereocenters. The Morgan fingerprint density at radius 2 is 1.85 bits per heavy atom. The van der Waals surface area contributed by atoms with Gasteiger partial charge in [-0.25, -0.2) is 0 Å². The molecule has 1 aliphatic heterocycles. The van der Waals surface area contributed by atoms with Crippen LogP contribution in [-0.2, 0) is 4.79 Å². The lowest BCUT2D eigenvalue weighted by Crippen LogP contribution is -2.37. The van der Waals surface area contributed by atoms with E-state index in [4.69, 9.17) is 9.47 Å². The van der Waals surface area contributed by atoms with E-state index in [1.165, 1.54) is 19.3 Å². The maximum atomic E-state index is 12.6. The molecule has 0 N–H and O–H groups in total. The molecule has 1 unspecified atom stereocenters. The number of allylic oxidation sites excluding steroid dienone is 1. The molecule has 0 saturated carbocycles. The van der Waals surface area contributed by atoms with Gasteiger partial charge in [0, 0.05) is 0 Å². The number of para-hydroxylation sites is 2. The molecule has 20 heavy (non-hydrogen) atoms. The van der Waals surface area contributed by atoms with Crippen molar-refractivity contribution in [3.05, 3.63) is 35.9 Å². The Balaban J connectivity index is 1.72. The average molecular weight is 272 g/mol. The lowest BCUT2D eigenvalue weighted by molar-refractivity contribution is -0.124. The third-order valence-electron chi connectivity index (χ3n) is 3.91. The van der Waals surface area contributed by atoms with Crippen LogP contribution in [0.4, 0.5) is 0 Å². The molecule has 0 bridgehead atoms. The zero-order valence-corrected chi connectivity index (χ0v) is 11.6. The minimum absolute atomic E-state index is 0.0985. The van der Waals surface area contributed by atoms with Crippen LogP contribution in [-0.4, -0.2) is 18.5 Å². The molecule has 3 heteroatoms. The van der Waals surface area contributed by atoms with Gasteiger partial charge in [-0.05, 0) is 43.4 Å². The summed E-state index contributed by atoms with van der Waals surface area (Å²) in [6.45, 7) is 0.313. The molecule has 0 fully saturated rings. The van der Waals surface area contributed by atoms with Crippen LogP contribution in [0, 0.1) is 0 Å². The van der Waals surface area contributed by atoms with E-state index in [0.717, 1.165) is 30.6 Å². The Morgan fingerprint density at radius 3 is 2.75 bits per heavy atom. The zero-order valence-electron chi connectivity index (χ0n) is 11.6. The minimum atomic E-state index is -0.490. The van der Waals surface area contributed by atoms with Crippen LogP contribution in [0.3, 0.4) is 0 Å². The molecule has 0 aromatic heterocycles. The molecule has 2 aliphatic rings. The average Bonchev–Trinajstić information content (AvgIpc) is 2.46. The van der Waals surface area contributed by atoms with Crippen molar-refractivity contribution in [1.82, 2.24) is 0 Å². The third kappa shape index (κ3) is 2.87. The summed E-state index contributed by atoms with van der Waals surface area (Å²) in [5.74, 6) is 1.49. The number of benzene rings is 1. The van der Waals surface area contributed by atoms with Crippen molar-refractivity contribution in [3.8, 4) is 11.5 Å². The Morgan fingerprint density at radius 1 is 1.05 bits per heavy atom. The fraction of sp³-hybridized carbons (Fsp3) is 0.471. The first-order valence-corrected chi connectivity index (χ1v) is 7.46. The molecule has 3 nitrogen and oxygen atoms in total. The summed E-state index contributed by atoms with van der Waals surface area (Å²) in [6, 6.07) is 7.51. The summed E-state index contributed by atoms with van der Waals surface area (Å²) in [7, 11) is 0. The lowest BCUT2D eigenvalue weighted by Gasteiger charge is -2.26. The molecule has 0 radical (unpaired) electrons. The Labute approximate surface area is 119 Å². The molecule has 1 aromatic carbocycles. The number of hydrogen-bond donors (Lipinski definition) is 0. The quantitative estimate of drug-likeness (QED) is 0.824. The number of ketones is 1. The lowest BCUT2D eigenvalue weighted by atomic mass is 9.95. The number of ether oxygens (including phenoxy) is 2. The van der Waals surface area contributed by atoms with E-state index in [1.54, 1.807) is 0 Å². The highest BCUT2D eigenvalue weighted by molar-refractivity contribution is 5.99. The first-order valence-electron chi connectivity index (χ1n) is 7.46.